The molecule has 0 atom stereocenters. The Hall–Kier alpha value is -3.08. The maximum atomic E-state index is 11.0. The summed E-state index contributed by atoms with van der Waals surface area (Å²) >= 11 is 0. The van der Waals surface area contributed by atoms with Crippen LogP contribution in [-0.4, -0.2) is 36.7 Å². The summed E-state index contributed by atoms with van der Waals surface area (Å²) in [5, 5.41) is 11.0. The van der Waals surface area contributed by atoms with Gasteiger partial charge >= 0.3 is 5.97 Å². The molecule has 0 saturated heterocycles. The van der Waals surface area contributed by atoms with E-state index >= 15 is 0 Å². The number of nitrogens with zero attached hydrogens (tertiary/aromatic N) is 3. The zero-order valence-electron chi connectivity index (χ0n) is 14.4. The summed E-state index contributed by atoms with van der Waals surface area (Å²) in [6, 6.07) is 18.4. The number of aliphatic carboxylic acids is 1. The fraction of sp³-hybridized carbons (Fsp3) is 0.200. The van der Waals surface area contributed by atoms with E-state index in [1.54, 1.807) is 18.1 Å². The van der Waals surface area contributed by atoms with E-state index in [4.69, 9.17) is 5.11 Å². The molecule has 0 unspecified atom stereocenters. The average Bonchev–Trinajstić information content (AvgIpc) is 2.61. The summed E-state index contributed by atoms with van der Waals surface area (Å²) in [6.07, 6.45) is 1.71. The minimum Gasteiger partial charge on any atom is -0.480 e. The largest absolute Gasteiger partial charge is 0.480 e. The summed E-state index contributed by atoms with van der Waals surface area (Å²) in [7, 11) is 3.79. The smallest absolute Gasteiger partial charge is 0.323 e. The van der Waals surface area contributed by atoms with E-state index in [1.165, 1.54) is 5.56 Å². The van der Waals surface area contributed by atoms with Crippen molar-refractivity contribution < 1.29 is 9.90 Å². The Kier molecular flexibility index (Phi) is 4.84. The van der Waals surface area contributed by atoms with Gasteiger partial charge in [0.25, 0.3) is 0 Å². The molecule has 3 rings (SSSR count). The van der Waals surface area contributed by atoms with Crippen LogP contribution in [0.25, 0.3) is 10.8 Å². The first-order valence-corrected chi connectivity index (χ1v) is 8.11. The Labute approximate surface area is 147 Å². The summed E-state index contributed by atoms with van der Waals surface area (Å²) in [5.74, 6) is -0.200. The highest BCUT2D eigenvalue weighted by molar-refractivity contribution is 5.95. The number of aromatic nitrogens is 1. The lowest BCUT2D eigenvalue weighted by Gasteiger charge is -2.22. The number of likely N-dealkylation sites (N-methyl/N-ethyl adjacent to an activating group) is 1. The first-order valence-electron chi connectivity index (χ1n) is 8.11. The molecule has 1 N–H and O–H groups in total. The number of fused-ring (bicyclic) bond motifs is 1. The van der Waals surface area contributed by atoms with Gasteiger partial charge in [0.15, 0.2) is 0 Å². The van der Waals surface area contributed by atoms with Gasteiger partial charge in [-0.05, 0) is 29.1 Å². The third kappa shape index (κ3) is 3.88. The molecule has 0 saturated carbocycles. The number of pyridine rings is 1. The molecule has 0 aliphatic heterocycles. The third-order valence-electron chi connectivity index (χ3n) is 4.17. The second kappa shape index (κ2) is 7.21. The van der Waals surface area contributed by atoms with Crippen LogP contribution in [0.1, 0.15) is 5.56 Å². The van der Waals surface area contributed by atoms with Crippen LogP contribution in [0.3, 0.4) is 0 Å². The molecule has 0 fully saturated rings. The van der Waals surface area contributed by atoms with Gasteiger partial charge in [0.05, 0.1) is 0 Å². The van der Waals surface area contributed by atoms with Crippen LogP contribution in [0, 0.1) is 0 Å². The summed E-state index contributed by atoms with van der Waals surface area (Å²) < 4.78 is 0. The third-order valence-corrected chi connectivity index (χ3v) is 4.17. The van der Waals surface area contributed by atoms with Gasteiger partial charge in [-0.3, -0.25) is 4.79 Å². The van der Waals surface area contributed by atoms with Crippen LogP contribution in [0.4, 0.5) is 11.5 Å². The highest BCUT2D eigenvalue weighted by Gasteiger charge is 2.12. The molecule has 3 aromatic rings. The molecular formula is C20H21N3O2. The van der Waals surface area contributed by atoms with Gasteiger partial charge < -0.3 is 14.9 Å². The van der Waals surface area contributed by atoms with Crippen molar-refractivity contribution in [1.29, 1.82) is 0 Å². The van der Waals surface area contributed by atoms with Crippen molar-refractivity contribution in [2.75, 3.05) is 30.4 Å². The van der Waals surface area contributed by atoms with E-state index in [0.717, 1.165) is 23.0 Å². The lowest BCUT2D eigenvalue weighted by atomic mass is 10.1. The lowest BCUT2D eigenvalue weighted by molar-refractivity contribution is -0.135. The van der Waals surface area contributed by atoms with Crippen molar-refractivity contribution >= 4 is 28.2 Å². The minimum atomic E-state index is -0.876. The van der Waals surface area contributed by atoms with Crippen LogP contribution < -0.4 is 9.80 Å². The van der Waals surface area contributed by atoms with Gasteiger partial charge in [-0.2, -0.15) is 0 Å². The molecule has 2 aromatic carbocycles. The maximum Gasteiger partial charge on any atom is 0.323 e. The maximum absolute atomic E-state index is 11.0. The Morgan fingerprint density at radius 3 is 2.52 bits per heavy atom. The van der Waals surface area contributed by atoms with Crippen molar-refractivity contribution in [3.05, 3.63) is 66.4 Å². The van der Waals surface area contributed by atoms with Crippen LogP contribution in [0.15, 0.2) is 60.8 Å². The minimum absolute atomic E-state index is 0.0871. The van der Waals surface area contributed by atoms with E-state index in [0.29, 0.717) is 5.82 Å². The van der Waals surface area contributed by atoms with Gasteiger partial charge in [0.2, 0.25) is 0 Å². The Morgan fingerprint density at radius 2 is 1.80 bits per heavy atom. The molecule has 5 nitrogen and oxygen atoms in total. The number of rotatable bonds is 6. The predicted octanol–water partition coefficient (Wildman–Crippen LogP) is 3.39. The fourth-order valence-corrected chi connectivity index (χ4v) is 2.91. The molecule has 0 bridgehead atoms. The van der Waals surface area contributed by atoms with Crippen molar-refractivity contribution in [2.45, 2.75) is 6.54 Å². The van der Waals surface area contributed by atoms with E-state index in [9.17, 15) is 4.79 Å². The lowest BCUT2D eigenvalue weighted by Crippen LogP contribution is -2.26. The van der Waals surface area contributed by atoms with Crippen molar-refractivity contribution in [3.63, 3.8) is 0 Å². The number of carbonyl (C=O) groups is 1. The Balaban J connectivity index is 1.93. The topological polar surface area (TPSA) is 56.7 Å². The molecule has 1 heterocycles. The normalized spacial score (nSPS) is 10.6. The number of anilines is 2. The standard InChI is InChI=1S/C20H21N3O2/c1-22(13-15-6-4-3-5-7-15)17-9-8-16-10-11-21-20(18(16)12-17)23(2)14-19(24)25/h3-12H,13-14H2,1-2H3,(H,24,25). The van der Waals surface area contributed by atoms with Crippen molar-refractivity contribution in [3.8, 4) is 0 Å². The monoisotopic (exact) mass is 335 g/mol. The van der Waals surface area contributed by atoms with Gasteiger partial charge in [0, 0.05) is 37.9 Å². The van der Waals surface area contributed by atoms with Gasteiger partial charge in [-0.15, -0.1) is 0 Å². The fourth-order valence-electron chi connectivity index (χ4n) is 2.91. The second-order valence-corrected chi connectivity index (χ2v) is 6.13. The summed E-state index contributed by atoms with van der Waals surface area (Å²) in [4.78, 5) is 19.2. The van der Waals surface area contributed by atoms with Crippen LogP contribution in [-0.2, 0) is 11.3 Å². The molecule has 0 radical (unpaired) electrons. The molecule has 25 heavy (non-hydrogen) atoms. The predicted molar refractivity (Wildman–Crippen MR) is 101 cm³/mol. The van der Waals surface area contributed by atoms with E-state index in [-0.39, 0.29) is 6.54 Å². The van der Waals surface area contributed by atoms with Crippen molar-refractivity contribution in [2.24, 2.45) is 0 Å². The molecule has 0 aliphatic rings. The van der Waals surface area contributed by atoms with E-state index in [1.807, 2.05) is 37.4 Å². The van der Waals surface area contributed by atoms with E-state index < -0.39 is 5.97 Å². The van der Waals surface area contributed by atoms with Crippen molar-refractivity contribution in [1.82, 2.24) is 4.98 Å². The summed E-state index contributed by atoms with van der Waals surface area (Å²) in [6.45, 7) is 0.711. The Bertz CT molecular complexity index is 881. The van der Waals surface area contributed by atoms with Crippen LogP contribution in [0.5, 0.6) is 0 Å². The quantitative estimate of drug-likeness (QED) is 0.748. The SMILES string of the molecule is CN(Cc1ccccc1)c1ccc2ccnc(N(C)CC(=O)O)c2c1. The molecule has 0 aliphatic carbocycles. The van der Waals surface area contributed by atoms with E-state index in [2.05, 4.69) is 34.1 Å². The zero-order valence-corrected chi connectivity index (χ0v) is 14.4. The number of hydrogen-bond acceptors (Lipinski definition) is 4. The first kappa shape index (κ1) is 16.8. The highest BCUT2D eigenvalue weighted by atomic mass is 16.4. The van der Waals surface area contributed by atoms with Gasteiger partial charge in [-0.1, -0.05) is 36.4 Å². The molecule has 0 spiro atoms. The average molecular weight is 335 g/mol. The molecule has 128 valence electrons. The number of benzene rings is 2. The second-order valence-electron chi connectivity index (χ2n) is 6.13. The van der Waals surface area contributed by atoms with Gasteiger partial charge in [0.1, 0.15) is 12.4 Å². The number of hydrogen-bond donors (Lipinski definition) is 1. The van der Waals surface area contributed by atoms with Gasteiger partial charge in [-0.25, -0.2) is 4.98 Å². The number of carboxylic acid groups (broad SMARTS) is 1. The molecule has 0 amide bonds. The molecule has 1 aromatic heterocycles. The summed E-state index contributed by atoms with van der Waals surface area (Å²) in [5.41, 5.74) is 2.30. The highest BCUT2D eigenvalue weighted by Crippen LogP contribution is 2.28. The molecular weight excluding hydrogens is 314 g/mol. The van der Waals surface area contributed by atoms with Crippen LogP contribution in [0.2, 0.25) is 0 Å². The zero-order chi connectivity index (χ0) is 17.8. The number of carboxylic acids is 1. The Morgan fingerprint density at radius 1 is 1.04 bits per heavy atom. The molecule has 5 heteroatoms. The first-order chi connectivity index (χ1) is 12.0. The van der Waals surface area contributed by atoms with Crippen LogP contribution >= 0.6 is 0 Å².